The molecule has 0 fully saturated rings. The number of phenols is 1. The molecule has 1 rings (SSSR count). The molecule has 0 aliphatic heterocycles. The zero-order valence-electron chi connectivity index (χ0n) is 11.1. The Hall–Kier alpha value is -1.71. The standard InChI is InChI=1S/C14H20O4/c1-4-6-10-8-12(18-14(16)17)13(15)9(3)11(10)7-5-2/h8,15H,4-7H2,1-3H3,(H,16,17). The van der Waals surface area contributed by atoms with Crippen molar-refractivity contribution >= 4 is 6.16 Å². The number of rotatable bonds is 5. The van der Waals surface area contributed by atoms with Crippen molar-refractivity contribution in [2.45, 2.75) is 46.5 Å². The fourth-order valence-electron chi connectivity index (χ4n) is 2.14. The lowest BCUT2D eigenvalue weighted by molar-refractivity contribution is 0.142. The lowest BCUT2D eigenvalue weighted by Gasteiger charge is -2.15. The molecule has 0 atom stereocenters. The highest BCUT2D eigenvalue weighted by molar-refractivity contribution is 5.65. The summed E-state index contributed by atoms with van der Waals surface area (Å²) in [5, 5.41) is 18.6. The van der Waals surface area contributed by atoms with Crippen molar-refractivity contribution in [1.82, 2.24) is 0 Å². The van der Waals surface area contributed by atoms with E-state index >= 15 is 0 Å². The first-order valence-corrected chi connectivity index (χ1v) is 6.26. The Bertz CT molecular complexity index is 438. The predicted molar refractivity (Wildman–Crippen MR) is 69.5 cm³/mol. The molecule has 0 bridgehead atoms. The number of benzene rings is 1. The van der Waals surface area contributed by atoms with E-state index in [9.17, 15) is 9.90 Å². The second-order valence-corrected chi connectivity index (χ2v) is 4.35. The van der Waals surface area contributed by atoms with Crippen LogP contribution < -0.4 is 4.74 Å². The van der Waals surface area contributed by atoms with Crippen molar-refractivity contribution in [1.29, 1.82) is 0 Å². The van der Waals surface area contributed by atoms with E-state index < -0.39 is 6.16 Å². The minimum atomic E-state index is -1.41. The Balaban J connectivity index is 3.28. The molecule has 1 aromatic carbocycles. The summed E-state index contributed by atoms with van der Waals surface area (Å²) in [5.74, 6) is -0.0380. The van der Waals surface area contributed by atoms with Crippen molar-refractivity contribution in [3.8, 4) is 11.5 Å². The Morgan fingerprint density at radius 3 is 2.39 bits per heavy atom. The average Bonchev–Trinajstić information content (AvgIpc) is 2.30. The van der Waals surface area contributed by atoms with Gasteiger partial charge < -0.3 is 14.9 Å². The van der Waals surface area contributed by atoms with Gasteiger partial charge in [-0.1, -0.05) is 26.7 Å². The van der Waals surface area contributed by atoms with Gasteiger partial charge in [-0.05, 0) is 42.5 Å². The molecule has 4 heteroatoms. The molecule has 4 nitrogen and oxygen atoms in total. The second kappa shape index (κ2) is 6.28. The fourth-order valence-corrected chi connectivity index (χ4v) is 2.14. The number of aromatic hydroxyl groups is 1. The minimum absolute atomic E-state index is 0.0308. The van der Waals surface area contributed by atoms with Gasteiger partial charge in [-0.25, -0.2) is 4.79 Å². The molecule has 0 spiro atoms. The van der Waals surface area contributed by atoms with E-state index in [1.807, 2.05) is 0 Å². The summed E-state index contributed by atoms with van der Waals surface area (Å²) in [6, 6.07) is 1.64. The van der Waals surface area contributed by atoms with Crippen LogP contribution in [0.3, 0.4) is 0 Å². The normalized spacial score (nSPS) is 10.4. The van der Waals surface area contributed by atoms with E-state index in [1.165, 1.54) is 0 Å². The zero-order valence-corrected chi connectivity index (χ0v) is 11.1. The van der Waals surface area contributed by atoms with Crippen LogP contribution in [0.15, 0.2) is 6.07 Å². The summed E-state index contributed by atoms with van der Waals surface area (Å²) < 4.78 is 4.61. The molecule has 18 heavy (non-hydrogen) atoms. The maximum atomic E-state index is 10.6. The molecule has 0 heterocycles. The van der Waals surface area contributed by atoms with Crippen molar-refractivity contribution in [3.05, 3.63) is 22.8 Å². The van der Waals surface area contributed by atoms with Crippen LogP contribution in [0.5, 0.6) is 11.5 Å². The van der Waals surface area contributed by atoms with Crippen LogP contribution in [0.25, 0.3) is 0 Å². The highest BCUT2D eigenvalue weighted by Gasteiger charge is 2.16. The average molecular weight is 252 g/mol. The van der Waals surface area contributed by atoms with Gasteiger partial charge in [-0.3, -0.25) is 0 Å². The molecular formula is C14H20O4. The van der Waals surface area contributed by atoms with Gasteiger partial charge in [0.1, 0.15) is 0 Å². The quantitative estimate of drug-likeness (QED) is 0.620. The van der Waals surface area contributed by atoms with Crippen molar-refractivity contribution in [2.75, 3.05) is 0 Å². The van der Waals surface area contributed by atoms with E-state index in [0.29, 0.717) is 0 Å². The summed E-state index contributed by atoms with van der Waals surface area (Å²) in [6.45, 7) is 5.94. The summed E-state index contributed by atoms with van der Waals surface area (Å²) >= 11 is 0. The van der Waals surface area contributed by atoms with Gasteiger partial charge in [0.15, 0.2) is 11.5 Å². The van der Waals surface area contributed by atoms with Gasteiger partial charge in [-0.15, -0.1) is 0 Å². The molecule has 0 unspecified atom stereocenters. The van der Waals surface area contributed by atoms with Gasteiger partial charge in [-0.2, -0.15) is 0 Å². The molecule has 100 valence electrons. The SMILES string of the molecule is CCCc1cc(OC(=O)O)c(O)c(C)c1CCC. The van der Waals surface area contributed by atoms with E-state index in [-0.39, 0.29) is 11.5 Å². The maximum Gasteiger partial charge on any atom is 0.511 e. The van der Waals surface area contributed by atoms with Crippen molar-refractivity contribution in [2.24, 2.45) is 0 Å². The third kappa shape index (κ3) is 3.15. The van der Waals surface area contributed by atoms with Gasteiger partial charge in [0.05, 0.1) is 0 Å². The molecular weight excluding hydrogens is 232 g/mol. The lowest BCUT2D eigenvalue weighted by atomic mass is 9.94. The largest absolute Gasteiger partial charge is 0.511 e. The van der Waals surface area contributed by atoms with Gasteiger partial charge >= 0.3 is 6.16 Å². The van der Waals surface area contributed by atoms with Crippen molar-refractivity contribution in [3.63, 3.8) is 0 Å². The second-order valence-electron chi connectivity index (χ2n) is 4.35. The Morgan fingerprint density at radius 1 is 1.28 bits per heavy atom. The van der Waals surface area contributed by atoms with E-state index in [4.69, 9.17) is 5.11 Å². The Morgan fingerprint density at radius 2 is 1.89 bits per heavy atom. The smallest absolute Gasteiger partial charge is 0.504 e. The van der Waals surface area contributed by atoms with Crippen LogP contribution >= 0.6 is 0 Å². The monoisotopic (exact) mass is 252 g/mol. The zero-order chi connectivity index (χ0) is 13.7. The Kier molecular flexibility index (Phi) is 5.01. The molecule has 0 aromatic heterocycles. The van der Waals surface area contributed by atoms with Crippen LogP contribution in [0.1, 0.15) is 43.4 Å². The van der Waals surface area contributed by atoms with Gasteiger partial charge in [0, 0.05) is 0 Å². The molecule has 0 radical (unpaired) electrons. The number of phenolic OH excluding ortho intramolecular Hbond substituents is 1. The lowest BCUT2D eigenvalue weighted by Crippen LogP contribution is -2.06. The minimum Gasteiger partial charge on any atom is -0.504 e. The fraction of sp³-hybridized carbons (Fsp3) is 0.500. The van der Waals surface area contributed by atoms with E-state index in [2.05, 4.69) is 18.6 Å². The summed E-state index contributed by atoms with van der Waals surface area (Å²) in [7, 11) is 0. The molecule has 1 aromatic rings. The number of carboxylic acid groups (broad SMARTS) is 1. The van der Waals surface area contributed by atoms with Gasteiger partial charge in [0.2, 0.25) is 0 Å². The number of hydrogen-bond donors (Lipinski definition) is 2. The van der Waals surface area contributed by atoms with Crippen LogP contribution in [-0.4, -0.2) is 16.4 Å². The molecule has 0 aliphatic carbocycles. The molecule has 0 aliphatic rings. The number of carbonyl (C=O) groups is 1. The first kappa shape index (κ1) is 14.4. The first-order valence-electron chi connectivity index (χ1n) is 6.26. The number of ether oxygens (including phenoxy) is 1. The van der Waals surface area contributed by atoms with Crippen molar-refractivity contribution < 1.29 is 19.7 Å². The third-order valence-electron chi connectivity index (χ3n) is 2.95. The third-order valence-corrected chi connectivity index (χ3v) is 2.95. The van der Waals surface area contributed by atoms with Crippen LogP contribution in [0.4, 0.5) is 4.79 Å². The highest BCUT2D eigenvalue weighted by Crippen LogP contribution is 2.35. The van der Waals surface area contributed by atoms with Crippen LogP contribution in [0.2, 0.25) is 0 Å². The van der Waals surface area contributed by atoms with E-state index in [1.54, 1.807) is 13.0 Å². The van der Waals surface area contributed by atoms with Crippen LogP contribution in [-0.2, 0) is 12.8 Å². The summed E-state index contributed by atoms with van der Waals surface area (Å²) in [6.07, 6.45) is 2.27. The number of aryl methyl sites for hydroxylation is 1. The first-order chi connectivity index (χ1) is 8.51. The summed E-state index contributed by atoms with van der Waals surface area (Å²) in [5.41, 5.74) is 2.89. The molecule has 0 amide bonds. The maximum absolute atomic E-state index is 10.6. The molecule has 0 saturated heterocycles. The Labute approximate surface area is 107 Å². The van der Waals surface area contributed by atoms with E-state index in [0.717, 1.165) is 42.4 Å². The van der Waals surface area contributed by atoms with Gasteiger partial charge in [0.25, 0.3) is 0 Å². The molecule has 0 saturated carbocycles. The van der Waals surface area contributed by atoms with Crippen LogP contribution in [0, 0.1) is 6.92 Å². The topological polar surface area (TPSA) is 66.8 Å². The number of hydrogen-bond acceptors (Lipinski definition) is 3. The summed E-state index contributed by atoms with van der Waals surface area (Å²) in [4.78, 5) is 10.6. The highest BCUT2D eigenvalue weighted by atomic mass is 16.7. The molecule has 2 N–H and O–H groups in total. The predicted octanol–water partition coefficient (Wildman–Crippen LogP) is 3.66.